The topological polar surface area (TPSA) is 67.5 Å². The zero-order valence-electron chi connectivity index (χ0n) is 11.5. The molecule has 0 aliphatic rings. The Morgan fingerprint density at radius 1 is 1.18 bits per heavy atom. The van der Waals surface area contributed by atoms with Crippen molar-refractivity contribution in [3.05, 3.63) is 43.8 Å². The van der Waals surface area contributed by atoms with Gasteiger partial charge in [-0.25, -0.2) is 4.79 Å². The van der Waals surface area contributed by atoms with Crippen LogP contribution >= 0.6 is 46.7 Å². The third-order valence-electron chi connectivity index (χ3n) is 2.82. The van der Waals surface area contributed by atoms with E-state index in [0.717, 1.165) is 4.24 Å². The zero-order chi connectivity index (χ0) is 16.4. The Bertz CT molecular complexity index is 790. The van der Waals surface area contributed by atoms with Gasteiger partial charge in [0.25, 0.3) is 0 Å². The first kappa shape index (κ1) is 17.3. The van der Waals surface area contributed by atoms with Gasteiger partial charge in [-0.05, 0) is 24.6 Å². The molecule has 1 aromatic heterocycles. The van der Waals surface area contributed by atoms with Crippen LogP contribution in [0.4, 0.5) is 0 Å². The number of benzene rings is 1. The number of hydrogen-bond acceptors (Lipinski definition) is 5. The summed E-state index contributed by atoms with van der Waals surface area (Å²) in [6.07, 6.45) is 5.20. The first-order chi connectivity index (χ1) is 10.4. The fraction of sp³-hybridized carbons (Fsp3) is 0.143. The number of aromatic carboxylic acids is 1. The molecule has 22 heavy (non-hydrogen) atoms. The number of furan rings is 1. The Labute approximate surface area is 144 Å². The van der Waals surface area contributed by atoms with Gasteiger partial charge in [-0.15, -0.1) is 23.5 Å². The summed E-state index contributed by atoms with van der Waals surface area (Å²) in [7, 11) is 0. The molecule has 8 heteroatoms. The lowest BCUT2D eigenvalue weighted by Gasteiger charge is -2.04. The van der Waals surface area contributed by atoms with Crippen LogP contribution in [-0.4, -0.2) is 29.4 Å². The van der Waals surface area contributed by atoms with Crippen molar-refractivity contribution in [1.82, 2.24) is 0 Å². The van der Waals surface area contributed by atoms with Crippen molar-refractivity contribution in [3.63, 3.8) is 0 Å². The summed E-state index contributed by atoms with van der Waals surface area (Å²) >= 11 is 15.1. The molecule has 0 atom stereocenters. The Hall–Kier alpha value is -1.08. The average Bonchev–Trinajstić information content (AvgIpc) is 2.92. The number of carbonyl (C=O) groups is 2. The van der Waals surface area contributed by atoms with E-state index in [-0.39, 0.29) is 32.7 Å². The van der Waals surface area contributed by atoms with Crippen molar-refractivity contribution in [2.24, 2.45) is 0 Å². The predicted octanol–water partition coefficient (Wildman–Crippen LogP) is 5.19. The van der Waals surface area contributed by atoms with Crippen molar-refractivity contribution in [1.29, 1.82) is 0 Å². The molecule has 1 N–H and O–H groups in total. The summed E-state index contributed by atoms with van der Waals surface area (Å²) in [5, 5.41) is 9.44. The van der Waals surface area contributed by atoms with Gasteiger partial charge in [0.2, 0.25) is 5.76 Å². The van der Waals surface area contributed by atoms with Crippen molar-refractivity contribution in [2.75, 3.05) is 12.5 Å². The number of fused-ring (bicyclic) bond motifs is 1. The largest absolute Gasteiger partial charge is 0.475 e. The van der Waals surface area contributed by atoms with Crippen LogP contribution in [0.5, 0.6) is 0 Å². The number of carbonyl (C=O) groups excluding carboxylic acids is 1. The number of hydrogen-bond donors (Lipinski definition) is 1. The monoisotopic (exact) mass is 376 g/mol. The summed E-state index contributed by atoms with van der Waals surface area (Å²) in [4.78, 5) is 23.3. The van der Waals surface area contributed by atoms with Crippen molar-refractivity contribution in [3.8, 4) is 0 Å². The maximum absolute atomic E-state index is 12.3. The van der Waals surface area contributed by atoms with Gasteiger partial charge in [-0.2, -0.15) is 0 Å². The van der Waals surface area contributed by atoms with E-state index in [1.54, 1.807) is 0 Å². The molecule has 0 aliphatic heterocycles. The normalized spacial score (nSPS) is 10.7. The number of rotatable bonds is 5. The SMILES string of the molecule is CSC(=CC(=O)c1cc2cc(C(=O)O)oc2c(Cl)c1Cl)SC. The van der Waals surface area contributed by atoms with Gasteiger partial charge in [-0.3, -0.25) is 4.79 Å². The highest BCUT2D eigenvalue weighted by molar-refractivity contribution is 8.21. The molecule has 2 rings (SSSR count). The number of ketones is 1. The maximum Gasteiger partial charge on any atom is 0.371 e. The number of carboxylic acid groups (broad SMARTS) is 1. The smallest absolute Gasteiger partial charge is 0.371 e. The van der Waals surface area contributed by atoms with Crippen LogP contribution in [0, 0.1) is 0 Å². The van der Waals surface area contributed by atoms with E-state index >= 15 is 0 Å². The molecule has 2 aromatic rings. The Morgan fingerprint density at radius 3 is 2.36 bits per heavy atom. The van der Waals surface area contributed by atoms with Crippen LogP contribution in [0.1, 0.15) is 20.9 Å². The molecule has 0 fully saturated rings. The van der Waals surface area contributed by atoms with Gasteiger partial charge in [0.1, 0.15) is 5.02 Å². The van der Waals surface area contributed by atoms with Gasteiger partial charge in [0, 0.05) is 21.3 Å². The van der Waals surface area contributed by atoms with E-state index in [1.807, 2.05) is 12.5 Å². The van der Waals surface area contributed by atoms with Crippen LogP contribution in [0.2, 0.25) is 10.0 Å². The maximum atomic E-state index is 12.3. The third kappa shape index (κ3) is 3.30. The Kier molecular flexibility index (Phi) is 5.50. The van der Waals surface area contributed by atoms with Gasteiger partial charge < -0.3 is 9.52 Å². The Balaban J connectivity index is 2.60. The summed E-state index contributed by atoms with van der Waals surface area (Å²) in [6.45, 7) is 0. The van der Waals surface area contributed by atoms with Crippen LogP contribution < -0.4 is 0 Å². The molecule has 0 spiro atoms. The summed E-state index contributed by atoms with van der Waals surface area (Å²) in [6, 6.07) is 2.79. The molecule has 0 aliphatic carbocycles. The lowest BCUT2D eigenvalue weighted by atomic mass is 10.1. The molecule has 0 saturated carbocycles. The van der Waals surface area contributed by atoms with Crippen LogP contribution in [0.15, 0.2) is 26.9 Å². The second-order valence-corrected chi connectivity index (χ2v) is 6.83. The summed E-state index contributed by atoms with van der Waals surface area (Å²) in [5.41, 5.74) is 0.358. The minimum atomic E-state index is -1.22. The van der Waals surface area contributed by atoms with Crippen LogP contribution in [0.25, 0.3) is 11.0 Å². The molecule has 1 aromatic carbocycles. The molecule has 0 radical (unpaired) electrons. The third-order valence-corrected chi connectivity index (χ3v) is 5.71. The summed E-state index contributed by atoms with van der Waals surface area (Å²) < 4.78 is 5.98. The highest BCUT2D eigenvalue weighted by Gasteiger charge is 2.20. The second-order valence-electron chi connectivity index (χ2n) is 4.12. The van der Waals surface area contributed by atoms with Gasteiger partial charge in [0.05, 0.1) is 5.02 Å². The second kappa shape index (κ2) is 7.00. The van der Waals surface area contributed by atoms with E-state index in [0.29, 0.717) is 5.39 Å². The molecule has 0 bridgehead atoms. The molecular weight excluding hydrogens is 367 g/mol. The van der Waals surface area contributed by atoms with E-state index in [1.165, 1.54) is 41.7 Å². The number of halogens is 2. The Morgan fingerprint density at radius 2 is 1.82 bits per heavy atom. The quantitative estimate of drug-likeness (QED) is 0.572. The van der Waals surface area contributed by atoms with Gasteiger partial charge >= 0.3 is 5.97 Å². The minimum absolute atomic E-state index is 0.0262. The minimum Gasteiger partial charge on any atom is -0.475 e. The van der Waals surface area contributed by atoms with Gasteiger partial charge in [0.15, 0.2) is 11.4 Å². The number of allylic oxidation sites excluding steroid dienone is 1. The zero-order valence-corrected chi connectivity index (χ0v) is 14.6. The lowest BCUT2D eigenvalue weighted by Crippen LogP contribution is -1.97. The predicted molar refractivity (Wildman–Crippen MR) is 92.6 cm³/mol. The van der Waals surface area contributed by atoms with E-state index in [9.17, 15) is 9.59 Å². The van der Waals surface area contributed by atoms with E-state index < -0.39 is 5.97 Å². The fourth-order valence-corrected chi connectivity index (χ4v) is 3.39. The molecule has 4 nitrogen and oxygen atoms in total. The molecular formula is C14H10Cl2O4S2. The highest BCUT2D eigenvalue weighted by Crippen LogP contribution is 2.37. The number of carboxylic acids is 1. The van der Waals surface area contributed by atoms with Crippen molar-refractivity contribution in [2.45, 2.75) is 0 Å². The fourth-order valence-electron chi connectivity index (χ4n) is 1.79. The van der Waals surface area contributed by atoms with Crippen LogP contribution in [0.3, 0.4) is 0 Å². The summed E-state index contributed by atoms with van der Waals surface area (Å²) in [5.74, 6) is -1.78. The standard InChI is InChI=1S/C14H10Cl2O4S2/c1-21-10(22-2)5-8(17)7-3-6-4-9(14(18)19)20-13(6)12(16)11(7)15/h3-5H,1-2H3,(H,18,19). The molecule has 0 unspecified atom stereocenters. The molecule has 0 amide bonds. The van der Waals surface area contributed by atoms with E-state index in [2.05, 4.69) is 0 Å². The first-order valence-corrected chi connectivity index (χ1v) is 9.08. The van der Waals surface area contributed by atoms with E-state index in [4.69, 9.17) is 32.7 Å². The first-order valence-electron chi connectivity index (χ1n) is 5.87. The molecule has 0 saturated heterocycles. The molecule has 116 valence electrons. The van der Waals surface area contributed by atoms with Crippen molar-refractivity contribution >= 4 is 69.4 Å². The van der Waals surface area contributed by atoms with Crippen LogP contribution in [-0.2, 0) is 0 Å². The average molecular weight is 377 g/mol. The lowest BCUT2D eigenvalue weighted by molar-refractivity contribution is 0.0665. The molecule has 1 heterocycles. The number of thioether (sulfide) groups is 2. The van der Waals surface area contributed by atoms with Gasteiger partial charge in [-0.1, -0.05) is 23.2 Å². The van der Waals surface area contributed by atoms with Crippen molar-refractivity contribution < 1.29 is 19.1 Å². The highest BCUT2D eigenvalue weighted by atomic mass is 35.5.